The third-order valence-corrected chi connectivity index (χ3v) is 5.63. The summed E-state index contributed by atoms with van der Waals surface area (Å²) in [6.45, 7) is 3.33. The van der Waals surface area contributed by atoms with E-state index in [1.165, 1.54) is 0 Å². The Morgan fingerprint density at radius 3 is 2.24 bits per heavy atom. The van der Waals surface area contributed by atoms with Gasteiger partial charge in [-0.05, 0) is 66.6 Å². The monoisotopic (exact) mass is 513 g/mol. The van der Waals surface area contributed by atoms with Crippen molar-refractivity contribution in [2.75, 3.05) is 11.9 Å². The summed E-state index contributed by atoms with van der Waals surface area (Å²) in [5.74, 6) is 1.11. The lowest BCUT2D eigenvalue weighted by Gasteiger charge is -2.16. The molecule has 3 aromatic carbocycles. The van der Waals surface area contributed by atoms with Crippen molar-refractivity contribution in [3.63, 3.8) is 0 Å². The van der Waals surface area contributed by atoms with Crippen molar-refractivity contribution < 1.29 is 9.47 Å². The lowest BCUT2D eigenvalue weighted by atomic mass is 10.2. The summed E-state index contributed by atoms with van der Waals surface area (Å²) in [5.41, 5.74) is 2.89. The average Bonchev–Trinajstić information content (AvgIpc) is 2.70. The Balaban J connectivity index is 1.74. The van der Waals surface area contributed by atoms with E-state index in [-0.39, 0.29) is 0 Å². The lowest BCUT2D eigenvalue weighted by Crippen LogP contribution is -2.04. The van der Waals surface area contributed by atoms with E-state index < -0.39 is 0 Å². The number of rotatable bonds is 8. The molecule has 0 saturated heterocycles. The van der Waals surface area contributed by atoms with Crippen LogP contribution in [0.2, 0.25) is 15.1 Å². The molecule has 3 aromatic rings. The van der Waals surface area contributed by atoms with Crippen molar-refractivity contribution in [1.82, 2.24) is 0 Å². The van der Waals surface area contributed by atoms with Gasteiger partial charge >= 0.3 is 0 Å². The fraction of sp³-hybridized carbons (Fsp3) is 0.182. The maximum atomic E-state index is 6.51. The van der Waals surface area contributed by atoms with Crippen LogP contribution in [-0.2, 0) is 13.2 Å². The van der Waals surface area contributed by atoms with Gasteiger partial charge in [-0.2, -0.15) is 0 Å². The van der Waals surface area contributed by atoms with Crippen LogP contribution in [0, 0.1) is 0 Å². The molecule has 0 heterocycles. The molecule has 0 fully saturated rings. The highest BCUT2D eigenvalue weighted by molar-refractivity contribution is 9.10. The Labute approximate surface area is 194 Å². The molecule has 0 aliphatic heterocycles. The van der Waals surface area contributed by atoms with E-state index >= 15 is 0 Å². The fourth-order valence-corrected chi connectivity index (χ4v) is 3.56. The van der Waals surface area contributed by atoms with Gasteiger partial charge in [0.25, 0.3) is 0 Å². The number of ether oxygens (including phenoxy) is 2. The number of hydrogen-bond acceptors (Lipinski definition) is 3. The molecule has 0 atom stereocenters. The van der Waals surface area contributed by atoms with Crippen LogP contribution in [0.4, 0.5) is 5.69 Å². The van der Waals surface area contributed by atoms with Crippen LogP contribution < -0.4 is 14.8 Å². The van der Waals surface area contributed by atoms with Crippen LogP contribution >= 0.6 is 50.7 Å². The van der Waals surface area contributed by atoms with E-state index in [0.717, 1.165) is 21.3 Å². The third kappa shape index (κ3) is 6.19. The smallest absolute Gasteiger partial charge is 0.180 e. The normalized spacial score (nSPS) is 10.7. The number of nitrogens with one attached hydrogen (secondary N) is 1. The average molecular weight is 516 g/mol. The van der Waals surface area contributed by atoms with Gasteiger partial charge in [0.15, 0.2) is 11.5 Å². The lowest BCUT2D eigenvalue weighted by molar-refractivity contribution is 0.269. The highest BCUT2D eigenvalue weighted by atomic mass is 79.9. The minimum absolute atomic E-state index is 0.299. The van der Waals surface area contributed by atoms with Crippen molar-refractivity contribution in [1.29, 1.82) is 0 Å². The summed E-state index contributed by atoms with van der Waals surface area (Å²) in [6, 6.07) is 17.2. The quantitative estimate of drug-likeness (QED) is 0.330. The predicted molar refractivity (Wildman–Crippen MR) is 125 cm³/mol. The number of benzene rings is 3. The van der Waals surface area contributed by atoms with Gasteiger partial charge in [0.2, 0.25) is 0 Å². The SMILES string of the molecule is CCOc1cc(CNc2ccc(Br)cc2)cc(Cl)c1OCc1ccc(Cl)c(Cl)c1. The van der Waals surface area contributed by atoms with E-state index in [2.05, 4.69) is 21.2 Å². The number of halogens is 4. The molecule has 152 valence electrons. The second-order valence-electron chi connectivity index (χ2n) is 6.24. The summed E-state index contributed by atoms with van der Waals surface area (Å²) in [7, 11) is 0. The van der Waals surface area contributed by atoms with Crippen molar-refractivity contribution in [3.05, 3.63) is 85.3 Å². The molecular formula is C22H19BrCl3NO2. The van der Waals surface area contributed by atoms with E-state index in [0.29, 0.717) is 46.3 Å². The van der Waals surface area contributed by atoms with Gasteiger partial charge in [-0.1, -0.05) is 56.8 Å². The highest BCUT2D eigenvalue weighted by Crippen LogP contribution is 2.37. The molecule has 0 spiro atoms. The Morgan fingerprint density at radius 1 is 0.828 bits per heavy atom. The van der Waals surface area contributed by atoms with Gasteiger partial charge in [0.05, 0.1) is 21.7 Å². The highest BCUT2D eigenvalue weighted by Gasteiger charge is 2.13. The number of anilines is 1. The number of hydrogen-bond donors (Lipinski definition) is 1. The molecular weight excluding hydrogens is 497 g/mol. The molecule has 0 aliphatic carbocycles. The van der Waals surface area contributed by atoms with Gasteiger partial charge in [-0.15, -0.1) is 0 Å². The van der Waals surface area contributed by atoms with Crippen LogP contribution in [0.15, 0.2) is 59.1 Å². The molecule has 1 N–H and O–H groups in total. The van der Waals surface area contributed by atoms with Gasteiger partial charge < -0.3 is 14.8 Å². The zero-order valence-corrected chi connectivity index (χ0v) is 19.5. The van der Waals surface area contributed by atoms with Crippen molar-refractivity contribution in [2.45, 2.75) is 20.1 Å². The van der Waals surface area contributed by atoms with E-state index in [9.17, 15) is 0 Å². The molecule has 0 amide bonds. The largest absolute Gasteiger partial charge is 0.490 e. The van der Waals surface area contributed by atoms with Crippen LogP contribution in [0.1, 0.15) is 18.1 Å². The second-order valence-corrected chi connectivity index (χ2v) is 8.37. The first-order valence-corrected chi connectivity index (χ1v) is 10.9. The van der Waals surface area contributed by atoms with Gasteiger partial charge in [0.1, 0.15) is 6.61 Å². The summed E-state index contributed by atoms with van der Waals surface area (Å²) in [5, 5.41) is 4.85. The maximum absolute atomic E-state index is 6.51. The molecule has 0 aliphatic rings. The first-order chi connectivity index (χ1) is 14.0. The maximum Gasteiger partial charge on any atom is 0.180 e. The van der Waals surface area contributed by atoms with Gasteiger partial charge in [0, 0.05) is 16.7 Å². The van der Waals surface area contributed by atoms with E-state index in [1.54, 1.807) is 12.1 Å². The molecule has 0 saturated carbocycles. The minimum atomic E-state index is 0.299. The zero-order valence-electron chi connectivity index (χ0n) is 15.6. The van der Waals surface area contributed by atoms with Crippen molar-refractivity contribution in [3.8, 4) is 11.5 Å². The molecule has 0 radical (unpaired) electrons. The van der Waals surface area contributed by atoms with Crippen LogP contribution in [0.5, 0.6) is 11.5 Å². The molecule has 0 unspecified atom stereocenters. The Bertz CT molecular complexity index is 981. The molecule has 0 bridgehead atoms. The fourth-order valence-electron chi connectivity index (χ4n) is 2.68. The van der Waals surface area contributed by atoms with Gasteiger partial charge in [-0.3, -0.25) is 0 Å². The van der Waals surface area contributed by atoms with Crippen molar-refractivity contribution in [2.24, 2.45) is 0 Å². The molecule has 3 nitrogen and oxygen atoms in total. The summed E-state index contributed by atoms with van der Waals surface area (Å²) in [6.07, 6.45) is 0. The van der Waals surface area contributed by atoms with Crippen LogP contribution in [0.3, 0.4) is 0 Å². The van der Waals surface area contributed by atoms with Crippen molar-refractivity contribution >= 4 is 56.4 Å². The molecule has 3 rings (SSSR count). The standard InChI is InChI=1S/C22H19BrCl3NO2/c1-2-28-21-11-15(12-27-17-6-4-16(23)5-7-17)10-20(26)22(21)29-13-14-3-8-18(24)19(25)9-14/h3-11,27H,2,12-13H2,1H3. The first-order valence-electron chi connectivity index (χ1n) is 8.97. The van der Waals surface area contributed by atoms with Gasteiger partial charge in [-0.25, -0.2) is 0 Å². The molecule has 7 heteroatoms. The topological polar surface area (TPSA) is 30.5 Å². The minimum Gasteiger partial charge on any atom is -0.490 e. The molecule has 29 heavy (non-hydrogen) atoms. The summed E-state index contributed by atoms with van der Waals surface area (Å²) < 4.78 is 12.8. The van der Waals surface area contributed by atoms with Crippen LogP contribution in [0.25, 0.3) is 0 Å². The van der Waals surface area contributed by atoms with Crippen LogP contribution in [-0.4, -0.2) is 6.61 Å². The Hall–Kier alpha value is -1.59. The Morgan fingerprint density at radius 2 is 1.55 bits per heavy atom. The summed E-state index contributed by atoms with van der Waals surface area (Å²) in [4.78, 5) is 0. The summed E-state index contributed by atoms with van der Waals surface area (Å²) >= 11 is 22.0. The predicted octanol–water partition coefficient (Wildman–Crippen LogP) is 8.00. The zero-order chi connectivity index (χ0) is 20.8. The Kier molecular flexibility index (Phi) is 7.96. The van der Waals surface area contributed by atoms with E-state index in [1.807, 2.05) is 49.4 Å². The second kappa shape index (κ2) is 10.4. The third-order valence-electron chi connectivity index (χ3n) is 4.08. The van der Waals surface area contributed by atoms with E-state index in [4.69, 9.17) is 44.3 Å². The first kappa shape index (κ1) is 22.1. The molecule has 0 aromatic heterocycles.